The van der Waals surface area contributed by atoms with Crippen molar-refractivity contribution in [2.24, 2.45) is 5.41 Å². The third kappa shape index (κ3) is 4.51. The Balaban J connectivity index is 1.14. The maximum absolute atomic E-state index is 12.1. The van der Waals surface area contributed by atoms with Crippen LogP contribution in [-0.2, 0) is 4.74 Å². The van der Waals surface area contributed by atoms with Crippen LogP contribution in [0.4, 0.5) is 10.6 Å². The van der Waals surface area contributed by atoms with Gasteiger partial charge in [0.25, 0.3) is 0 Å². The first kappa shape index (κ1) is 21.7. The lowest BCUT2D eigenvalue weighted by Crippen LogP contribution is -2.58. The molecule has 1 amide bonds. The van der Waals surface area contributed by atoms with Gasteiger partial charge in [0, 0.05) is 74.9 Å². The number of likely N-dealkylation sites (tertiary alicyclic amines) is 1. The lowest BCUT2D eigenvalue weighted by molar-refractivity contribution is -0.000840. The predicted octanol–water partition coefficient (Wildman–Crippen LogP) is 2.68. The molecular formula is C25H30N6O2. The second-order valence-corrected chi connectivity index (χ2v) is 9.22. The maximum atomic E-state index is 12.1. The minimum Gasteiger partial charge on any atom is -0.436 e. The van der Waals surface area contributed by atoms with Crippen molar-refractivity contribution in [3.05, 3.63) is 36.9 Å². The number of hydrogen-bond donors (Lipinski definition) is 0. The highest BCUT2D eigenvalue weighted by Gasteiger charge is 2.51. The number of piperazine rings is 1. The van der Waals surface area contributed by atoms with E-state index in [1.165, 1.54) is 19.3 Å². The normalized spacial score (nSPS) is 21.9. The molecule has 1 spiro atoms. The lowest BCUT2D eigenvalue weighted by Gasteiger charge is -2.48. The molecule has 0 aromatic carbocycles. The molecule has 5 rings (SSSR count). The molecule has 1 atom stereocenters. The Morgan fingerprint density at radius 2 is 2.03 bits per heavy atom. The van der Waals surface area contributed by atoms with Crippen molar-refractivity contribution in [3.8, 4) is 23.1 Å². The van der Waals surface area contributed by atoms with Gasteiger partial charge in [-0.15, -0.1) is 5.92 Å². The lowest BCUT2D eigenvalue weighted by atomic mass is 9.78. The van der Waals surface area contributed by atoms with E-state index in [0.29, 0.717) is 6.04 Å². The molecule has 1 saturated carbocycles. The first-order valence-electron chi connectivity index (χ1n) is 11.7. The second kappa shape index (κ2) is 9.36. The van der Waals surface area contributed by atoms with E-state index in [-0.39, 0.29) is 18.1 Å². The van der Waals surface area contributed by atoms with E-state index in [1.54, 1.807) is 25.5 Å². The van der Waals surface area contributed by atoms with Gasteiger partial charge in [0.1, 0.15) is 5.82 Å². The topological polar surface area (TPSA) is 74.7 Å². The summed E-state index contributed by atoms with van der Waals surface area (Å²) in [5, 5.41) is 0. The van der Waals surface area contributed by atoms with Gasteiger partial charge in [-0.25, -0.2) is 9.78 Å². The third-order valence-electron chi connectivity index (χ3n) is 7.19. The Hall–Kier alpha value is -3.18. The highest BCUT2D eigenvalue weighted by Crippen LogP contribution is 2.47. The summed E-state index contributed by atoms with van der Waals surface area (Å²) in [6, 6.07) is 4.62. The van der Waals surface area contributed by atoms with Crippen molar-refractivity contribution in [1.82, 2.24) is 24.8 Å². The molecule has 2 aromatic rings. The monoisotopic (exact) mass is 446 g/mol. The molecule has 0 radical (unpaired) electrons. The summed E-state index contributed by atoms with van der Waals surface area (Å²) < 4.78 is 5.21. The van der Waals surface area contributed by atoms with Crippen LogP contribution in [-0.4, -0.2) is 82.8 Å². The third-order valence-corrected chi connectivity index (χ3v) is 7.19. The molecule has 0 bridgehead atoms. The molecule has 3 aliphatic rings. The molecule has 2 aromatic heterocycles. The fraction of sp³-hybridized carbons (Fsp3) is 0.520. The number of aromatic nitrogens is 3. The predicted molar refractivity (Wildman–Crippen MR) is 125 cm³/mol. The van der Waals surface area contributed by atoms with Gasteiger partial charge in [0.05, 0.1) is 11.9 Å². The molecule has 8 heteroatoms. The number of hydrogen-bond acceptors (Lipinski definition) is 7. The molecule has 2 saturated heterocycles. The molecule has 4 heterocycles. The number of pyridine rings is 1. The number of carbonyl (C=O) groups is 1. The van der Waals surface area contributed by atoms with Gasteiger partial charge in [-0.1, -0.05) is 5.92 Å². The van der Waals surface area contributed by atoms with Gasteiger partial charge >= 0.3 is 6.09 Å². The number of amides is 1. The molecule has 8 nitrogen and oxygen atoms in total. The summed E-state index contributed by atoms with van der Waals surface area (Å²) in [6.45, 7) is 7.51. The molecule has 0 N–H and O–H groups in total. The summed E-state index contributed by atoms with van der Waals surface area (Å²) in [5.74, 6) is 6.52. The van der Waals surface area contributed by atoms with Gasteiger partial charge < -0.3 is 14.5 Å². The van der Waals surface area contributed by atoms with Gasteiger partial charge in [-0.2, -0.15) is 0 Å². The van der Waals surface area contributed by atoms with Crippen molar-refractivity contribution < 1.29 is 9.53 Å². The van der Waals surface area contributed by atoms with E-state index in [9.17, 15) is 4.79 Å². The Morgan fingerprint density at radius 3 is 2.79 bits per heavy atom. The van der Waals surface area contributed by atoms with Gasteiger partial charge in [-0.05, 0) is 38.3 Å². The van der Waals surface area contributed by atoms with E-state index >= 15 is 0 Å². The molecular weight excluding hydrogens is 416 g/mol. The molecule has 2 aliphatic heterocycles. The van der Waals surface area contributed by atoms with Crippen LogP contribution in [0.5, 0.6) is 0 Å². The van der Waals surface area contributed by atoms with Crippen LogP contribution >= 0.6 is 0 Å². The van der Waals surface area contributed by atoms with Crippen LogP contribution in [0, 0.1) is 17.3 Å². The first-order valence-corrected chi connectivity index (χ1v) is 11.7. The Bertz CT molecular complexity index is 1040. The number of carbonyl (C=O) groups excluding carboxylic acids is 1. The van der Waals surface area contributed by atoms with E-state index in [1.807, 2.05) is 17.2 Å². The van der Waals surface area contributed by atoms with E-state index in [4.69, 9.17) is 4.74 Å². The number of nitrogens with zero attached hydrogens (tertiary/aromatic N) is 6. The van der Waals surface area contributed by atoms with Crippen LogP contribution in [0.2, 0.25) is 0 Å². The van der Waals surface area contributed by atoms with Gasteiger partial charge in [0.15, 0.2) is 6.61 Å². The molecule has 1 aliphatic carbocycles. The summed E-state index contributed by atoms with van der Waals surface area (Å²) in [7, 11) is 0. The second-order valence-electron chi connectivity index (χ2n) is 9.22. The van der Waals surface area contributed by atoms with Crippen LogP contribution in [0.15, 0.2) is 36.9 Å². The van der Waals surface area contributed by atoms with E-state index in [0.717, 1.165) is 56.3 Å². The fourth-order valence-corrected chi connectivity index (χ4v) is 5.52. The van der Waals surface area contributed by atoms with Gasteiger partial charge in [0.2, 0.25) is 0 Å². The molecule has 33 heavy (non-hydrogen) atoms. The van der Waals surface area contributed by atoms with Crippen LogP contribution in [0.1, 0.15) is 26.2 Å². The van der Waals surface area contributed by atoms with Gasteiger partial charge in [-0.3, -0.25) is 14.9 Å². The molecule has 172 valence electrons. The minimum absolute atomic E-state index is 0.181. The van der Waals surface area contributed by atoms with E-state index < -0.39 is 0 Å². The summed E-state index contributed by atoms with van der Waals surface area (Å²) >= 11 is 0. The molecule has 0 unspecified atom stereocenters. The Morgan fingerprint density at radius 1 is 1.18 bits per heavy atom. The standard InChI is InChI=1S/C25H30N6O2/c1-2-3-15-33-24(32)31-18-25(19-31)7-6-20(16-25)29-11-13-30(14-12-29)23-21(5-4-8-28-23)22-17-26-9-10-27-22/h4-5,8-10,17,20H,6-7,11-16,18-19H2,1H3/t20-/m0/s1. The highest BCUT2D eigenvalue weighted by atomic mass is 16.6. The zero-order chi connectivity index (χ0) is 22.7. The minimum atomic E-state index is -0.227. The quantitative estimate of drug-likeness (QED) is 0.669. The van der Waals surface area contributed by atoms with Crippen molar-refractivity contribution in [3.63, 3.8) is 0 Å². The summed E-state index contributed by atoms with van der Waals surface area (Å²) in [6.07, 6.45) is 10.4. The summed E-state index contributed by atoms with van der Waals surface area (Å²) in [4.78, 5) is 32.3. The van der Waals surface area contributed by atoms with Crippen LogP contribution in [0.3, 0.4) is 0 Å². The number of ether oxygens (including phenoxy) is 1. The average molecular weight is 447 g/mol. The van der Waals surface area contributed by atoms with Crippen LogP contribution < -0.4 is 4.90 Å². The Labute approximate surface area is 195 Å². The number of anilines is 1. The Kier molecular flexibility index (Phi) is 6.14. The SMILES string of the molecule is CC#CCOC(=O)N1CC2(CC[C@H](N3CCN(c4ncccc4-c4cnccn4)CC3)C2)C1. The average Bonchev–Trinajstić information content (AvgIpc) is 3.30. The van der Waals surface area contributed by atoms with Crippen molar-refractivity contribution in [2.75, 3.05) is 50.8 Å². The van der Waals surface area contributed by atoms with Crippen LogP contribution in [0.25, 0.3) is 11.3 Å². The molecule has 3 fully saturated rings. The van der Waals surface area contributed by atoms with Crippen molar-refractivity contribution in [1.29, 1.82) is 0 Å². The number of rotatable bonds is 4. The van der Waals surface area contributed by atoms with E-state index in [2.05, 4.69) is 42.7 Å². The highest BCUT2D eigenvalue weighted by molar-refractivity contribution is 5.72. The first-order chi connectivity index (χ1) is 16.2. The zero-order valence-corrected chi connectivity index (χ0v) is 19.1. The zero-order valence-electron chi connectivity index (χ0n) is 19.1. The fourth-order valence-electron chi connectivity index (χ4n) is 5.52. The van der Waals surface area contributed by atoms with Crippen molar-refractivity contribution >= 4 is 11.9 Å². The largest absolute Gasteiger partial charge is 0.436 e. The maximum Gasteiger partial charge on any atom is 0.410 e. The summed E-state index contributed by atoms with van der Waals surface area (Å²) in [5.41, 5.74) is 2.16. The van der Waals surface area contributed by atoms with Crippen molar-refractivity contribution in [2.45, 2.75) is 32.2 Å². The smallest absolute Gasteiger partial charge is 0.410 e.